The molecule has 1 atom stereocenters. The van der Waals surface area contributed by atoms with Crippen LogP contribution >= 0.6 is 0 Å². The molecule has 0 fully saturated rings. The van der Waals surface area contributed by atoms with Crippen LogP contribution in [0.3, 0.4) is 0 Å². The van der Waals surface area contributed by atoms with E-state index in [1.165, 1.54) is 0 Å². The van der Waals surface area contributed by atoms with Crippen molar-refractivity contribution >= 4 is 5.97 Å². The summed E-state index contributed by atoms with van der Waals surface area (Å²) in [6, 6.07) is 7.54. The minimum Gasteiger partial charge on any atom is -0.482 e. The minimum absolute atomic E-state index is 0.0491. The molecule has 0 aromatic heterocycles. The minimum atomic E-state index is -0.331. The molecule has 0 amide bonds. The third-order valence-corrected chi connectivity index (χ3v) is 2.87. The Balaban J connectivity index is 2.35. The summed E-state index contributed by atoms with van der Waals surface area (Å²) < 4.78 is 10.4. The van der Waals surface area contributed by atoms with Crippen molar-refractivity contribution in [2.75, 3.05) is 13.2 Å². The van der Waals surface area contributed by atoms with Gasteiger partial charge in [-0.15, -0.1) is 0 Å². The van der Waals surface area contributed by atoms with Crippen LogP contribution in [0.5, 0.6) is 5.75 Å². The summed E-state index contributed by atoms with van der Waals surface area (Å²) in [6.45, 7) is 4.50. The molecular formula is C15H23NO3. The van der Waals surface area contributed by atoms with Crippen LogP contribution in [-0.4, -0.2) is 19.2 Å². The third-order valence-electron chi connectivity index (χ3n) is 2.87. The van der Waals surface area contributed by atoms with Gasteiger partial charge in [0.25, 0.3) is 0 Å². The van der Waals surface area contributed by atoms with Gasteiger partial charge in [-0.1, -0.05) is 32.4 Å². The highest BCUT2D eigenvalue weighted by Crippen LogP contribution is 2.18. The lowest BCUT2D eigenvalue weighted by atomic mass is 10.1. The molecule has 1 rings (SSSR count). The third kappa shape index (κ3) is 5.75. The van der Waals surface area contributed by atoms with Gasteiger partial charge in [0.2, 0.25) is 0 Å². The molecule has 0 saturated carbocycles. The summed E-state index contributed by atoms with van der Waals surface area (Å²) >= 11 is 0. The molecule has 0 saturated heterocycles. The quantitative estimate of drug-likeness (QED) is 0.580. The average molecular weight is 265 g/mol. The summed E-state index contributed by atoms with van der Waals surface area (Å²) in [5.41, 5.74) is 6.99. The molecule has 2 N–H and O–H groups in total. The Kier molecular flexibility index (Phi) is 6.97. The Bertz CT molecular complexity index is 375. The molecule has 0 heterocycles. The fourth-order valence-corrected chi connectivity index (χ4v) is 1.56. The van der Waals surface area contributed by atoms with Crippen molar-refractivity contribution in [1.82, 2.24) is 0 Å². The van der Waals surface area contributed by atoms with Crippen LogP contribution in [0.4, 0.5) is 0 Å². The second-order valence-corrected chi connectivity index (χ2v) is 4.45. The van der Waals surface area contributed by atoms with Crippen molar-refractivity contribution in [1.29, 1.82) is 0 Å². The number of esters is 1. The van der Waals surface area contributed by atoms with E-state index in [-0.39, 0.29) is 18.6 Å². The molecule has 0 aliphatic heterocycles. The zero-order chi connectivity index (χ0) is 14.1. The number of carbonyl (C=O) groups is 1. The van der Waals surface area contributed by atoms with Crippen molar-refractivity contribution in [3.63, 3.8) is 0 Å². The van der Waals surface area contributed by atoms with E-state index >= 15 is 0 Å². The van der Waals surface area contributed by atoms with Gasteiger partial charge in [-0.3, -0.25) is 0 Å². The number of ether oxygens (including phenoxy) is 2. The van der Waals surface area contributed by atoms with Gasteiger partial charge in [-0.25, -0.2) is 4.79 Å². The molecule has 1 aromatic rings. The van der Waals surface area contributed by atoms with Gasteiger partial charge >= 0.3 is 5.97 Å². The van der Waals surface area contributed by atoms with E-state index in [4.69, 9.17) is 15.2 Å². The van der Waals surface area contributed by atoms with Gasteiger partial charge in [0.05, 0.1) is 6.61 Å². The Labute approximate surface area is 114 Å². The highest BCUT2D eigenvalue weighted by Gasteiger charge is 2.06. The first-order chi connectivity index (χ1) is 9.17. The van der Waals surface area contributed by atoms with Gasteiger partial charge in [0.15, 0.2) is 6.61 Å². The van der Waals surface area contributed by atoms with Crippen molar-refractivity contribution < 1.29 is 14.3 Å². The first-order valence-corrected chi connectivity index (χ1v) is 6.81. The van der Waals surface area contributed by atoms with Crippen LogP contribution in [0.1, 0.15) is 44.7 Å². The molecule has 0 radical (unpaired) electrons. The molecule has 0 aliphatic rings. The number of nitrogens with two attached hydrogens (primary N) is 1. The summed E-state index contributed by atoms with van der Waals surface area (Å²) in [5, 5.41) is 0. The molecule has 0 bridgehead atoms. The van der Waals surface area contributed by atoms with Crippen LogP contribution in [-0.2, 0) is 9.53 Å². The SMILES string of the molecule is CCCCOC(=O)COc1ccc([C@H](N)CC)cc1. The van der Waals surface area contributed by atoms with Gasteiger partial charge in [-0.05, 0) is 30.5 Å². The summed E-state index contributed by atoms with van der Waals surface area (Å²) in [4.78, 5) is 11.3. The zero-order valence-corrected chi connectivity index (χ0v) is 11.7. The lowest BCUT2D eigenvalue weighted by Gasteiger charge is -2.10. The monoisotopic (exact) mass is 265 g/mol. The number of rotatable bonds is 8. The standard InChI is InChI=1S/C15H23NO3/c1-3-5-10-18-15(17)11-19-13-8-6-12(7-9-13)14(16)4-2/h6-9,14H,3-5,10-11,16H2,1-2H3/t14-/m1/s1. The Morgan fingerprint density at radius 1 is 1.26 bits per heavy atom. The first-order valence-electron chi connectivity index (χ1n) is 6.81. The van der Waals surface area contributed by atoms with Gasteiger partial charge in [0, 0.05) is 6.04 Å². The number of benzene rings is 1. The fourth-order valence-electron chi connectivity index (χ4n) is 1.56. The van der Waals surface area contributed by atoms with Crippen molar-refractivity contribution in [2.24, 2.45) is 5.73 Å². The van der Waals surface area contributed by atoms with Gasteiger partial charge in [-0.2, -0.15) is 0 Å². The highest BCUT2D eigenvalue weighted by atomic mass is 16.6. The summed E-state index contributed by atoms with van der Waals surface area (Å²) in [6.07, 6.45) is 2.78. The van der Waals surface area contributed by atoms with E-state index in [0.29, 0.717) is 12.4 Å². The maximum Gasteiger partial charge on any atom is 0.344 e. The summed E-state index contributed by atoms with van der Waals surface area (Å²) in [7, 11) is 0. The number of unbranched alkanes of at least 4 members (excludes halogenated alkanes) is 1. The van der Waals surface area contributed by atoms with E-state index in [9.17, 15) is 4.79 Å². The van der Waals surface area contributed by atoms with Crippen LogP contribution < -0.4 is 10.5 Å². The largest absolute Gasteiger partial charge is 0.482 e. The van der Waals surface area contributed by atoms with E-state index in [1.807, 2.05) is 38.1 Å². The van der Waals surface area contributed by atoms with E-state index in [0.717, 1.165) is 24.8 Å². The Hall–Kier alpha value is -1.55. The predicted molar refractivity (Wildman–Crippen MR) is 75.0 cm³/mol. The Morgan fingerprint density at radius 2 is 1.95 bits per heavy atom. The lowest BCUT2D eigenvalue weighted by molar-refractivity contribution is -0.146. The van der Waals surface area contributed by atoms with Gasteiger partial charge in [0.1, 0.15) is 5.75 Å². The first kappa shape index (κ1) is 15.5. The predicted octanol–water partition coefficient (Wildman–Crippen LogP) is 2.82. The molecule has 1 aromatic carbocycles. The number of hydrogen-bond donors (Lipinski definition) is 1. The Morgan fingerprint density at radius 3 is 2.53 bits per heavy atom. The van der Waals surface area contributed by atoms with Gasteiger partial charge < -0.3 is 15.2 Å². The second-order valence-electron chi connectivity index (χ2n) is 4.45. The van der Waals surface area contributed by atoms with Crippen molar-refractivity contribution in [2.45, 2.75) is 39.2 Å². The highest BCUT2D eigenvalue weighted by molar-refractivity contribution is 5.71. The van der Waals surface area contributed by atoms with Crippen molar-refractivity contribution in [3.8, 4) is 5.75 Å². The maximum absolute atomic E-state index is 11.3. The maximum atomic E-state index is 11.3. The molecule has 4 nitrogen and oxygen atoms in total. The molecule has 4 heteroatoms. The molecule has 0 spiro atoms. The zero-order valence-electron chi connectivity index (χ0n) is 11.7. The lowest BCUT2D eigenvalue weighted by Crippen LogP contribution is -2.15. The number of hydrogen-bond acceptors (Lipinski definition) is 4. The number of carbonyl (C=O) groups excluding carboxylic acids is 1. The average Bonchev–Trinajstić information content (AvgIpc) is 2.45. The van der Waals surface area contributed by atoms with Crippen LogP contribution in [0.15, 0.2) is 24.3 Å². The topological polar surface area (TPSA) is 61.5 Å². The molecule has 106 valence electrons. The van der Waals surface area contributed by atoms with Crippen LogP contribution in [0.25, 0.3) is 0 Å². The smallest absolute Gasteiger partial charge is 0.344 e. The van der Waals surface area contributed by atoms with Crippen LogP contribution in [0, 0.1) is 0 Å². The second kappa shape index (κ2) is 8.53. The molecule has 19 heavy (non-hydrogen) atoms. The normalized spacial score (nSPS) is 11.9. The molecule has 0 aliphatic carbocycles. The fraction of sp³-hybridized carbons (Fsp3) is 0.533. The molecular weight excluding hydrogens is 242 g/mol. The molecule has 0 unspecified atom stereocenters. The van der Waals surface area contributed by atoms with Crippen LogP contribution in [0.2, 0.25) is 0 Å². The summed E-state index contributed by atoms with van der Waals surface area (Å²) in [5.74, 6) is 0.322. The van der Waals surface area contributed by atoms with Crippen molar-refractivity contribution in [3.05, 3.63) is 29.8 Å². The van der Waals surface area contributed by atoms with E-state index in [1.54, 1.807) is 0 Å². The van der Waals surface area contributed by atoms with E-state index in [2.05, 4.69) is 0 Å². The van der Waals surface area contributed by atoms with E-state index < -0.39 is 0 Å².